The molecule has 2 nitrogen and oxygen atoms in total. The number of hydrogen-bond donors (Lipinski definition) is 1. The molecule has 0 aromatic heterocycles. The highest BCUT2D eigenvalue weighted by molar-refractivity contribution is 5.25. The third-order valence-corrected chi connectivity index (χ3v) is 2.62. The van der Waals surface area contributed by atoms with Crippen LogP contribution in [0.15, 0.2) is 36.4 Å². The molecule has 106 valence electrons. The number of halogens is 4. The highest BCUT2D eigenvalue weighted by Gasteiger charge is 2.13. The molecule has 0 saturated carbocycles. The molecule has 0 aliphatic carbocycles. The molecule has 0 saturated heterocycles. The second kappa shape index (κ2) is 5.92. The fourth-order valence-electron chi connectivity index (χ4n) is 1.57. The number of ether oxygens (including phenoxy) is 1. The van der Waals surface area contributed by atoms with Gasteiger partial charge in [0.25, 0.3) is 0 Å². The Morgan fingerprint density at radius 3 is 2.30 bits per heavy atom. The summed E-state index contributed by atoms with van der Waals surface area (Å²) in [6.07, 6.45) is -1.30. The van der Waals surface area contributed by atoms with Crippen molar-refractivity contribution in [3.05, 3.63) is 65.2 Å². The van der Waals surface area contributed by atoms with E-state index in [1.165, 1.54) is 6.07 Å². The minimum absolute atomic E-state index is 0.0701. The van der Waals surface area contributed by atoms with E-state index in [9.17, 15) is 22.7 Å². The summed E-state index contributed by atoms with van der Waals surface area (Å²) in [5.74, 6) is -4.00. The predicted octanol–water partition coefficient (Wildman–Crippen LogP) is 3.36. The van der Waals surface area contributed by atoms with Gasteiger partial charge in [-0.1, -0.05) is 6.07 Å². The molecule has 2 aromatic rings. The van der Waals surface area contributed by atoms with Crippen molar-refractivity contribution in [2.45, 2.75) is 6.10 Å². The van der Waals surface area contributed by atoms with E-state index in [4.69, 9.17) is 4.74 Å². The molecule has 1 atom stereocenters. The van der Waals surface area contributed by atoms with Gasteiger partial charge in [0.1, 0.15) is 18.5 Å². The number of aliphatic hydroxyl groups excluding tert-OH is 1. The minimum atomic E-state index is -1.30. The highest BCUT2D eigenvalue weighted by Crippen LogP contribution is 2.21. The summed E-state index contributed by atoms with van der Waals surface area (Å²) in [4.78, 5) is 0. The van der Waals surface area contributed by atoms with Crippen LogP contribution in [0.25, 0.3) is 0 Å². The van der Waals surface area contributed by atoms with E-state index >= 15 is 0 Å². The highest BCUT2D eigenvalue weighted by atomic mass is 19.2. The van der Waals surface area contributed by atoms with E-state index in [2.05, 4.69) is 0 Å². The van der Waals surface area contributed by atoms with Crippen LogP contribution in [0.5, 0.6) is 5.75 Å². The Bertz CT molecular complexity index is 616. The van der Waals surface area contributed by atoms with Crippen molar-refractivity contribution >= 4 is 0 Å². The summed E-state index contributed by atoms with van der Waals surface area (Å²) in [5.41, 5.74) is 0.0701. The second-order valence-corrected chi connectivity index (χ2v) is 4.08. The molecule has 0 amide bonds. The molecule has 1 unspecified atom stereocenters. The lowest BCUT2D eigenvalue weighted by atomic mass is 10.1. The standard InChI is InChI=1S/C14H10F4O2/c15-9-2-4-11(17)14(6-9)20-7-13(19)8-1-3-10(16)12(18)5-8/h1-6,13,19H,7H2. The summed E-state index contributed by atoms with van der Waals surface area (Å²) >= 11 is 0. The normalized spacial score (nSPS) is 12.2. The lowest BCUT2D eigenvalue weighted by Gasteiger charge is -2.13. The van der Waals surface area contributed by atoms with Crippen LogP contribution in [0.2, 0.25) is 0 Å². The lowest BCUT2D eigenvalue weighted by Crippen LogP contribution is -2.11. The number of aliphatic hydroxyl groups is 1. The van der Waals surface area contributed by atoms with Crippen molar-refractivity contribution in [2.24, 2.45) is 0 Å². The molecule has 2 rings (SSSR count). The first kappa shape index (κ1) is 14.3. The molecule has 1 N–H and O–H groups in total. The summed E-state index contributed by atoms with van der Waals surface area (Å²) in [5, 5.41) is 9.73. The molecular weight excluding hydrogens is 276 g/mol. The van der Waals surface area contributed by atoms with Crippen LogP contribution in [-0.4, -0.2) is 11.7 Å². The van der Waals surface area contributed by atoms with Gasteiger partial charge in [0.05, 0.1) is 0 Å². The Balaban J connectivity index is 2.06. The lowest BCUT2D eigenvalue weighted by molar-refractivity contribution is 0.105. The van der Waals surface area contributed by atoms with Gasteiger partial charge < -0.3 is 9.84 Å². The number of rotatable bonds is 4. The maximum atomic E-state index is 13.3. The molecule has 0 fully saturated rings. The molecule has 0 bridgehead atoms. The second-order valence-electron chi connectivity index (χ2n) is 4.08. The monoisotopic (exact) mass is 286 g/mol. The molecule has 20 heavy (non-hydrogen) atoms. The van der Waals surface area contributed by atoms with Crippen molar-refractivity contribution in [3.8, 4) is 5.75 Å². The Kier molecular flexibility index (Phi) is 4.24. The van der Waals surface area contributed by atoms with E-state index in [1.54, 1.807) is 0 Å². The van der Waals surface area contributed by atoms with Gasteiger partial charge in [0.15, 0.2) is 23.2 Å². The van der Waals surface area contributed by atoms with Crippen LogP contribution in [-0.2, 0) is 0 Å². The molecule has 2 aromatic carbocycles. The largest absolute Gasteiger partial charge is 0.487 e. The maximum Gasteiger partial charge on any atom is 0.165 e. The molecular formula is C14H10F4O2. The molecule has 0 spiro atoms. The van der Waals surface area contributed by atoms with Gasteiger partial charge >= 0.3 is 0 Å². The minimum Gasteiger partial charge on any atom is -0.487 e. The van der Waals surface area contributed by atoms with Gasteiger partial charge in [-0.15, -0.1) is 0 Å². The molecule has 0 radical (unpaired) electrons. The smallest absolute Gasteiger partial charge is 0.165 e. The Morgan fingerprint density at radius 1 is 0.900 bits per heavy atom. The van der Waals surface area contributed by atoms with E-state index in [0.717, 1.165) is 30.3 Å². The van der Waals surface area contributed by atoms with Crippen LogP contribution in [0, 0.1) is 23.3 Å². The zero-order chi connectivity index (χ0) is 14.7. The van der Waals surface area contributed by atoms with Crippen molar-refractivity contribution in [1.82, 2.24) is 0 Å². The zero-order valence-corrected chi connectivity index (χ0v) is 10.1. The predicted molar refractivity (Wildman–Crippen MR) is 63.2 cm³/mol. The van der Waals surface area contributed by atoms with Gasteiger partial charge in [-0.05, 0) is 29.8 Å². The van der Waals surface area contributed by atoms with Gasteiger partial charge in [-0.25, -0.2) is 17.6 Å². The van der Waals surface area contributed by atoms with Crippen LogP contribution in [0.1, 0.15) is 11.7 Å². The van der Waals surface area contributed by atoms with E-state index < -0.39 is 36.0 Å². The maximum absolute atomic E-state index is 13.3. The van der Waals surface area contributed by atoms with Crippen molar-refractivity contribution in [3.63, 3.8) is 0 Å². The Labute approximate surface area is 112 Å². The number of hydrogen-bond acceptors (Lipinski definition) is 2. The topological polar surface area (TPSA) is 29.5 Å². The molecule has 0 aliphatic rings. The summed E-state index contributed by atoms with van der Waals surface area (Å²) in [6, 6.07) is 5.48. The van der Waals surface area contributed by atoms with Crippen LogP contribution in [0.4, 0.5) is 17.6 Å². The van der Waals surface area contributed by atoms with Gasteiger partial charge in [-0.2, -0.15) is 0 Å². The summed E-state index contributed by atoms with van der Waals surface area (Å²) in [7, 11) is 0. The first-order valence-corrected chi connectivity index (χ1v) is 5.68. The van der Waals surface area contributed by atoms with Crippen molar-refractivity contribution in [1.29, 1.82) is 0 Å². The number of benzene rings is 2. The van der Waals surface area contributed by atoms with Crippen molar-refractivity contribution < 1.29 is 27.4 Å². The average Bonchev–Trinajstić information content (AvgIpc) is 2.42. The van der Waals surface area contributed by atoms with E-state index in [-0.39, 0.29) is 11.3 Å². The zero-order valence-electron chi connectivity index (χ0n) is 10.1. The Hall–Kier alpha value is -2.08. The van der Waals surface area contributed by atoms with Gasteiger partial charge in [0.2, 0.25) is 0 Å². The van der Waals surface area contributed by atoms with E-state index in [0.29, 0.717) is 0 Å². The van der Waals surface area contributed by atoms with Gasteiger partial charge in [-0.3, -0.25) is 0 Å². The van der Waals surface area contributed by atoms with Crippen LogP contribution in [0.3, 0.4) is 0 Å². The third kappa shape index (κ3) is 3.27. The first-order valence-electron chi connectivity index (χ1n) is 5.68. The molecule has 0 aliphatic heterocycles. The average molecular weight is 286 g/mol. The van der Waals surface area contributed by atoms with Gasteiger partial charge in [0, 0.05) is 6.07 Å². The van der Waals surface area contributed by atoms with Crippen LogP contribution >= 0.6 is 0 Å². The first-order chi connectivity index (χ1) is 9.47. The van der Waals surface area contributed by atoms with Crippen molar-refractivity contribution in [2.75, 3.05) is 6.61 Å². The SMILES string of the molecule is OC(COc1cc(F)ccc1F)c1ccc(F)c(F)c1. The molecule has 6 heteroatoms. The summed E-state index contributed by atoms with van der Waals surface area (Å²) < 4.78 is 56.8. The third-order valence-electron chi connectivity index (χ3n) is 2.62. The quantitative estimate of drug-likeness (QED) is 0.873. The fraction of sp³-hybridized carbons (Fsp3) is 0.143. The Morgan fingerprint density at radius 2 is 1.60 bits per heavy atom. The summed E-state index contributed by atoms with van der Waals surface area (Å²) in [6.45, 7) is -0.425. The fourth-order valence-corrected chi connectivity index (χ4v) is 1.57. The van der Waals surface area contributed by atoms with E-state index in [1.807, 2.05) is 0 Å². The van der Waals surface area contributed by atoms with Crippen LogP contribution < -0.4 is 4.74 Å². The molecule has 0 heterocycles.